The molecule has 3 rings (SSSR count). The number of aliphatic hydroxyl groups excluding tert-OH is 1. The summed E-state index contributed by atoms with van der Waals surface area (Å²) >= 11 is 0. The van der Waals surface area contributed by atoms with Crippen LogP contribution in [0.1, 0.15) is 25.2 Å². The Morgan fingerprint density at radius 2 is 1.43 bits per heavy atom. The van der Waals surface area contributed by atoms with Crippen molar-refractivity contribution in [2.75, 3.05) is 0 Å². The smallest absolute Gasteiger partial charge is 0.155 e. The van der Waals surface area contributed by atoms with E-state index in [1.54, 1.807) is 9.36 Å². The van der Waals surface area contributed by atoms with Gasteiger partial charge in [-0.2, -0.15) is 10.2 Å². The van der Waals surface area contributed by atoms with Crippen LogP contribution in [0.4, 0.5) is 0 Å². The number of rotatable bonds is 3. The minimum Gasteiger partial charge on any atom is -0.512 e. The summed E-state index contributed by atoms with van der Waals surface area (Å²) in [5.74, 6) is 1.51. The van der Waals surface area contributed by atoms with Crippen LogP contribution >= 0.6 is 0 Å². The molecule has 0 aliphatic heterocycles. The van der Waals surface area contributed by atoms with Gasteiger partial charge >= 0.3 is 0 Å². The van der Waals surface area contributed by atoms with Crippen molar-refractivity contribution in [2.24, 2.45) is 0 Å². The Bertz CT molecular complexity index is 883. The standard InChI is InChI=1S/C13H13N5.C5H8O2.CN.Ir/c1-10-6-8-17(15-10)12-4-3-5-13(14-12)18-9-7-11(2)16-18;1-4(6)3-5(2)7;1-2;/h3-9H,1-2H3;3,6H,1-2H3;;/q;;-1;/b;4-3-;;. The molecule has 0 atom stereocenters. The number of carbonyl (C=O) groups is 1. The summed E-state index contributed by atoms with van der Waals surface area (Å²) < 4.78 is 3.52. The Morgan fingerprint density at radius 3 is 1.68 bits per heavy atom. The number of ketones is 1. The summed E-state index contributed by atoms with van der Waals surface area (Å²) in [6.45, 7) is 11.5. The molecule has 3 heterocycles. The van der Waals surface area contributed by atoms with E-state index in [2.05, 4.69) is 15.2 Å². The van der Waals surface area contributed by atoms with Crippen molar-refractivity contribution in [3.8, 4) is 11.6 Å². The van der Waals surface area contributed by atoms with Crippen LogP contribution in [0, 0.1) is 25.7 Å². The van der Waals surface area contributed by atoms with E-state index in [1.165, 1.54) is 19.9 Å². The van der Waals surface area contributed by atoms with E-state index >= 15 is 0 Å². The Kier molecular flexibility index (Phi) is 11.0. The van der Waals surface area contributed by atoms with Gasteiger partial charge in [0, 0.05) is 38.6 Å². The summed E-state index contributed by atoms with van der Waals surface area (Å²) in [7, 11) is 0. The zero-order valence-corrected chi connectivity index (χ0v) is 18.4. The molecule has 3 aromatic rings. The van der Waals surface area contributed by atoms with Crippen LogP contribution in [0.25, 0.3) is 11.6 Å². The zero-order valence-electron chi connectivity index (χ0n) is 16.0. The van der Waals surface area contributed by atoms with Crippen LogP contribution in [0.2, 0.25) is 0 Å². The van der Waals surface area contributed by atoms with Crippen LogP contribution in [0.3, 0.4) is 0 Å². The molecule has 149 valence electrons. The molecule has 0 amide bonds. The van der Waals surface area contributed by atoms with Gasteiger partial charge in [0.15, 0.2) is 17.4 Å². The minimum atomic E-state index is -0.125. The molecule has 1 radical (unpaired) electrons. The van der Waals surface area contributed by atoms with Gasteiger partial charge in [0.05, 0.1) is 17.1 Å². The fourth-order valence-corrected chi connectivity index (χ4v) is 2.05. The van der Waals surface area contributed by atoms with E-state index in [0.717, 1.165) is 23.0 Å². The number of pyridine rings is 1. The van der Waals surface area contributed by atoms with Gasteiger partial charge in [0.2, 0.25) is 0 Å². The van der Waals surface area contributed by atoms with Crippen LogP contribution in [-0.2, 0) is 24.9 Å². The Balaban J connectivity index is 0.000000628. The first kappa shape index (κ1) is 24.9. The van der Waals surface area contributed by atoms with Gasteiger partial charge in [0.25, 0.3) is 0 Å². The molecule has 0 aromatic carbocycles. The number of aryl methyl sites for hydroxylation is 2. The van der Waals surface area contributed by atoms with Gasteiger partial charge < -0.3 is 16.9 Å². The van der Waals surface area contributed by atoms with Crippen molar-refractivity contribution in [3.63, 3.8) is 0 Å². The Labute approximate surface area is 177 Å². The van der Waals surface area contributed by atoms with E-state index in [9.17, 15) is 4.79 Å². The molecule has 8 nitrogen and oxygen atoms in total. The summed E-state index contributed by atoms with van der Waals surface area (Å²) in [5, 5.41) is 23.3. The summed E-state index contributed by atoms with van der Waals surface area (Å²) in [6.07, 6.45) is 4.96. The SMILES string of the molecule is CC(=O)/C=C(/C)O.Cc1ccn(-c2cccc(-n3ccc(C)n3)n2)n1.[C-]#N.[Ir]. The second-order valence-corrected chi connectivity index (χ2v) is 5.55. The van der Waals surface area contributed by atoms with E-state index < -0.39 is 0 Å². The topological polar surface area (TPSA) is 110 Å². The number of allylic oxidation sites excluding steroid dienone is 2. The third-order valence-corrected chi connectivity index (χ3v) is 3.05. The zero-order chi connectivity index (χ0) is 20.4. The summed E-state index contributed by atoms with van der Waals surface area (Å²) in [4.78, 5) is 14.6. The number of aliphatic hydroxyl groups is 1. The van der Waals surface area contributed by atoms with E-state index in [4.69, 9.17) is 16.9 Å². The maximum absolute atomic E-state index is 10.0. The van der Waals surface area contributed by atoms with Gasteiger partial charge in [-0.05, 0) is 52.0 Å². The molecule has 0 bridgehead atoms. The second-order valence-electron chi connectivity index (χ2n) is 5.55. The summed E-state index contributed by atoms with van der Waals surface area (Å²) in [6, 6.07) is 9.70. The third kappa shape index (κ3) is 8.08. The van der Waals surface area contributed by atoms with Crippen molar-refractivity contribution < 1.29 is 30.0 Å². The molecule has 1 N–H and O–H groups in total. The molecule has 0 saturated heterocycles. The normalized spacial score (nSPS) is 9.86. The number of hydrogen-bond acceptors (Lipinski definition) is 6. The monoisotopic (exact) mass is 558 g/mol. The molecular weight excluding hydrogens is 536 g/mol. The van der Waals surface area contributed by atoms with E-state index in [1.807, 2.05) is 56.6 Å². The van der Waals surface area contributed by atoms with Gasteiger partial charge in [-0.25, -0.2) is 14.3 Å². The van der Waals surface area contributed by atoms with Gasteiger partial charge in [-0.1, -0.05) is 6.07 Å². The fourth-order valence-electron chi connectivity index (χ4n) is 2.05. The van der Waals surface area contributed by atoms with E-state index in [-0.39, 0.29) is 31.6 Å². The number of carbonyl (C=O) groups excluding carboxylic acids is 1. The fraction of sp³-hybridized carbons (Fsp3) is 0.211. The predicted octanol–water partition coefficient (Wildman–Crippen LogP) is 3.20. The predicted molar refractivity (Wildman–Crippen MR) is 100.0 cm³/mol. The van der Waals surface area contributed by atoms with Gasteiger partial charge in [-0.15, -0.1) is 0 Å². The molecule has 0 saturated carbocycles. The summed E-state index contributed by atoms with van der Waals surface area (Å²) in [5.41, 5.74) is 1.94. The molecule has 0 aliphatic carbocycles. The molecule has 9 heteroatoms. The molecular formula is C19H21IrN6O2-. The molecule has 0 spiro atoms. The Morgan fingerprint density at radius 1 is 1.00 bits per heavy atom. The first-order chi connectivity index (χ1) is 12.8. The molecule has 0 fully saturated rings. The van der Waals surface area contributed by atoms with Gasteiger partial charge in [-0.3, -0.25) is 4.79 Å². The van der Waals surface area contributed by atoms with Crippen molar-refractivity contribution in [3.05, 3.63) is 72.5 Å². The third-order valence-electron chi connectivity index (χ3n) is 3.05. The molecule has 0 unspecified atom stereocenters. The van der Waals surface area contributed by atoms with Crippen molar-refractivity contribution in [2.45, 2.75) is 27.7 Å². The van der Waals surface area contributed by atoms with Crippen LogP contribution < -0.4 is 0 Å². The van der Waals surface area contributed by atoms with Gasteiger partial charge in [0.1, 0.15) is 0 Å². The van der Waals surface area contributed by atoms with Crippen LogP contribution in [-0.4, -0.2) is 35.4 Å². The second kappa shape index (κ2) is 12.3. The van der Waals surface area contributed by atoms with Crippen molar-refractivity contribution in [1.82, 2.24) is 24.5 Å². The van der Waals surface area contributed by atoms with E-state index in [0.29, 0.717) is 0 Å². The maximum Gasteiger partial charge on any atom is 0.155 e. The van der Waals surface area contributed by atoms with Crippen LogP contribution in [0.15, 0.2) is 54.6 Å². The van der Waals surface area contributed by atoms with Crippen molar-refractivity contribution >= 4 is 5.78 Å². The molecule has 0 aliphatic rings. The maximum atomic E-state index is 10.0. The largest absolute Gasteiger partial charge is 0.512 e. The number of aromatic nitrogens is 5. The average Bonchev–Trinajstić information content (AvgIpc) is 3.25. The first-order valence-electron chi connectivity index (χ1n) is 7.97. The minimum absolute atomic E-state index is 0. The number of nitrogens with zero attached hydrogens (tertiary/aromatic N) is 6. The van der Waals surface area contributed by atoms with Crippen LogP contribution in [0.5, 0.6) is 0 Å². The average molecular weight is 558 g/mol. The quantitative estimate of drug-likeness (QED) is 0.301. The molecule has 3 aromatic heterocycles. The van der Waals surface area contributed by atoms with Crippen molar-refractivity contribution in [1.29, 1.82) is 5.26 Å². The Hall–Kier alpha value is -3.08. The first-order valence-corrected chi connectivity index (χ1v) is 7.97. The molecule has 28 heavy (non-hydrogen) atoms. The number of hydrogen-bond donors (Lipinski definition) is 1.